The van der Waals surface area contributed by atoms with E-state index in [9.17, 15) is 0 Å². The minimum atomic E-state index is 0.968. The zero-order valence-electron chi connectivity index (χ0n) is 13.0. The molecule has 1 aromatic rings. The van der Waals surface area contributed by atoms with Gasteiger partial charge >= 0.3 is 0 Å². The zero-order chi connectivity index (χ0) is 13.8. The van der Waals surface area contributed by atoms with Gasteiger partial charge in [-0.15, -0.1) is 0 Å². The van der Waals surface area contributed by atoms with Crippen LogP contribution in [0.4, 0.5) is 0 Å². The molecule has 0 bridgehead atoms. The Morgan fingerprint density at radius 3 is 2.35 bits per heavy atom. The Kier molecular flexibility index (Phi) is 4.74. The minimum Gasteiger partial charge on any atom is -0.332 e. The second kappa shape index (κ2) is 6.73. The predicted octanol–water partition coefficient (Wildman–Crippen LogP) is 0.611. The molecular formula is C18H30N2+2. The van der Waals surface area contributed by atoms with E-state index < -0.39 is 0 Å². The summed E-state index contributed by atoms with van der Waals surface area (Å²) in [5.74, 6) is 0. The van der Waals surface area contributed by atoms with Gasteiger partial charge in [-0.1, -0.05) is 24.3 Å². The number of aryl methyl sites for hydroxylation is 1. The topological polar surface area (TPSA) is 8.88 Å². The van der Waals surface area contributed by atoms with Gasteiger partial charge in [0.2, 0.25) is 0 Å². The molecule has 0 spiro atoms. The summed E-state index contributed by atoms with van der Waals surface area (Å²) in [6.07, 6.45) is 7.28. The lowest BCUT2D eigenvalue weighted by atomic mass is 9.99. The van der Waals surface area contributed by atoms with Crippen LogP contribution in [0.1, 0.15) is 43.2 Å². The zero-order valence-corrected chi connectivity index (χ0v) is 13.0. The molecule has 2 heterocycles. The van der Waals surface area contributed by atoms with Gasteiger partial charge < -0.3 is 9.80 Å². The normalized spacial score (nSPS) is 28.4. The van der Waals surface area contributed by atoms with Crippen molar-refractivity contribution in [2.75, 3.05) is 26.2 Å². The third kappa shape index (κ3) is 3.42. The van der Waals surface area contributed by atoms with E-state index in [0.717, 1.165) is 6.04 Å². The molecule has 2 N–H and O–H groups in total. The smallest absolute Gasteiger partial charge is 0.103 e. The first kappa shape index (κ1) is 14.1. The second-order valence-corrected chi connectivity index (χ2v) is 6.85. The van der Waals surface area contributed by atoms with Crippen LogP contribution in [0, 0.1) is 6.92 Å². The number of quaternary nitrogens is 2. The fraction of sp³-hybridized carbons (Fsp3) is 0.667. The standard InChI is InChI=1S/C18H28N2/c1-16-7-3-4-8-17(16)15-19-13-9-18(10-14-19)20-11-5-2-6-12-20/h3-4,7-8,18H,2,5-6,9-15H2,1H3/p+2. The summed E-state index contributed by atoms with van der Waals surface area (Å²) >= 11 is 0. The first-order valence-electron chi connectivity index (χ1n) is 8.55. The van der Waals surface area contributed by atoms with Crippen LogP contribution < -0.4 is 9.80 Å². The highest BCUT2D eigenvalue weighted by Gasteiger charge is 2.30. The van der Waals surface area contributed by atoms with Crippen LogP contribution in [-0.4, -0.2) is 32.2 Å². The van der Waals surface area contributed by atoms with Crippen LogP contribution in [0.2, 0.25) is 0 Å². The summed E-state index contributed by atoms with van der Waals surface area (Å²) < 4.78 is 0. The number of hydrogen-bond acceptors (Lipinski definition) is 0. The number of rotatable bonds is 3. The molecule has 0 atom stereocenters. The van der Waals surface area contributed by atoms with Gasteiger partial charge in [0.15, 0.2) is 0 Å². The fourth-order valence-electron chi connectivity index (χ4n) is 4.10. The van der Waals surface area contributed by atoms with Gasteiger partial charge in [0.25, 0.3) is 0 Å². The average molecular weight is 274 g/mol. The number of hydrogen-bond donors (Lipinski definition) is 2. The van der Waals surface area contributed by atoms with Gasteiger partial charge in [0.1, 0.15) is 6.54 Å². The molecule has 2 fully saturated rings. The largest absolute Gasteiger partial charge is 0.332 e. The van der Waals surface area contributed by atoms with Crippen molar-refractivity contribution in [3.05, 3.63) is 35.4 Å². The van der Waals surface area contributed by atoms with Crippen molar-refractivity contribution in [2.24, 2.45) is 0 Å². The maximum atomic E-state index is 2.31. The van der Waals surface area contributed by atoms with E-state index in [0.29, 0.717) is 0 Å². The maximum Gasteiger partial charge on any atom is 0.103 e. The highest BCUT2D eigenvalue weighted by molar-refractivity contribution is 5.24. The predicted molar refractivity (Wildman–Crippen MR) is 83.1 cm³/mol. The first-order chi connectivity index (χ1) is 9.83. The average Bonchev–Trinajstić information content (AvgIpc) is 2.51. The SMILES string of the molecule is Cc1ccccc1C[NH+]1CCC([NH+]2CCCCC2)CC1. The summed E-state index contributed by atoms with van der Waals surface area (Å²) in [5.41, 5.74) is 3.01. The molecule has 1 aromatic carbocycles. The lowest BCUT2D eigenvalue weighted by Gasteiger charge is -2.36. The molecule has 110 valence electrons. The monoisotopic (exact) mass is 274 g/mol. The molecule has 2 aliphatic rings. The summed E-state index contributed by atoms with van der Waals surface area (Å²) in [5, 5.41) is 0. The van der Waals surface area contributed by atoms with Gasteiger partial charge in [-0.05, 0) is 31.7 Å². The molecule has 2 heteroatoms. The third-order valence-corrected chi connectivity index (χ3v) is 5.47. The quantitative estimate of drug-likeness (QED) is 0.799. The molecule has 0 saturated carbocycles. The highest BCUT2D eigenvalue weighted by atomic mass is 15.2. The number of nitrogens with one attached hydrogen (secondary N) is 2. The van der Waals surface area contributed by atoms with Crippen molar-refractivity contribution in [2.45, 2.75) is 51.6 Å². The third-order valence-electron chi connectivity index (χ3n) is 5.47. The molecule has 0 unspecified atom stereocenters. The van der Waals surface area contributed by atoms with Gasteiger partial charge in [-0.2, -0.15) is 0 Å². The van der Waals surface area contributed by atoms with E-state index in [1.165, 1.54) is 70.4 Å². The van der Waals surface area contributed by atoms with E-state index >= 15 is 0 Å². The highest BCUT2D eigenvalue weighted by Crippen LogP contribution is 2.06. The van der Waals surface area contributed by atoms with Crippen LogP contribution in [0.3, 0.4) is 0 Å². The van der Waals surface area contributed by atoms with E-state index in [-0.39, 0.29) is 0 Å². The molecule has 0 aromatic heterocycles. The molecule has 3 rings (SSSR count). The summed E-state index contributed by atoms with van der Waals surface area (Å²) in [6, 6.07) is 9.87. The molecule has 0 aliphatic carbocycles. The van der Waals surface area contributed by atoms with E-state index in [2.05, 4.69) is 31.2 Å². The van der Waals surface area contributed by atoms with Gasteiger partial charge in [0.05, 0.1) is 32.2 Å². The van der Waals surface area contributed by atoms with Crippen LogP contribution in [-0.2, 0) is 6.54 Å². The van der Waals surface area contributed by atoms with Crippen molar-refractivity contribution < 1.29 is 9.80 Å². The molecule has 2 aliphatic heterocycles. The molecular weight excluding hydrogens is 244 g/mol. The van der Waals surface area contributed by atoms with E-state index in [4.69, 9.17) is 0 Å². The summed E-state index contributed by atoms with van der Waals surface area (Å²) in [4.78, 5) is 3.72. The Hall–Kier alpha value is -0.860. The van der Waals surface area contributed by atoms with Gasteiger partial charge in [-0.25, -0.2) is 0 Å². The number of benzene rings is 1. The maximum absolute atomic E-state index is 2.31. The van der Waals surface area contributed by atoms with Crippen LogP contribution in [0.25, 0.3) is 0 Å². The van der Waals surface area contributed by atoms with Crippen LogP contribution >= 0.6 is 0 Å². The minimum absolute atomic E-state index is 0.968. The number of likely N-dealkylation sites (tertiary alicyclic amines) is 2. The number of piperidine rings is 2. The van der Waals surface area contributed by atoms with Crippen LogP contribution in [0.15, 0.2) is 24.3 Å². The second-order valence-electron chi connectivity index (χ2n) is 6.85. The van der Waals surface area contributed by atoms with E-state index in [1.807, 2.05) is 4.90 Å². The lowest BCUT2D eigenvalue weighted by molar-refractivity contribution is -0.965. The van der Waals surface area contributed by atoms with Gasteiger partial charge in [0, 0.05) is 18.4 Å². The fourth-order valence-corrected chi connectivity index (χ4v) is 4.10. The Bertz CT molecular complexity index is 415. The van der Waals surface area contributed by atoms with E-state index in [1.54, 1.807) is 10.5 Å². The molecule has 20 heavy (non-hydrogen) atoms. The molecule has 2 nitrogen and oxygen atoms in total. The lowest BCUT2D eigenvalue weighted by Crippen LogP contribution is -3.20. The van der Waals surface area contributed by atoms with Crippen LogP contribution in [0.5, 0.6) is 0 Å². The van der Waals surface area contributed by atoms with Crippen molar-refractivity contribution in [1.82, 2.24) is 0 Å². The Morgan fingerprint density at radius 1 is 0.950 bits per heavy atom. The Labute approximate surface area is 123 Å². The van der Waals surface area contributed by atoms with Crippen molar-refractivity contribution in [3.8, 4) is 0 Å². The van der Waals surface area contributed by atoms with Gasteiger partial charge in [-0.3, -0.25) is 0 Å². The summed E-state index contributed by atoms with van der Waals surface area (Å²) in [7, 11) is 0. The molecule has 0 radical (unpaired) electrons. The Morgan fingerprint density at radius 2 is 1.65 bits per heavy atom. The summed E-state index contributed by atoms with van der Waals surface area (Å²) in [6.45, 7) is 9.12. The van der Waals surface area contributed by atoms with Crippen molar-refractivity contribution in [1.29, 1.82) is 0 Å². The molecule has 0 amide bonds. The molecule has 2 saturated heterocycles. The Balaban J connectivity index is 1.50. The van der Waals surface area contributed by atoms with Crippen molar-refractivity contribution >= 4 is 0 Å². The van der Waals surface area contributed by atoms with Crippen molar-refractivity contribution in [3.63, 3.8) is 0 Å². The first-order valence-corrected chi connectivity index (χ1v) is 8.55.